The first-order chi connectivity index (χ1) is 19.4. The van der Waals surface area contributed by atoms with Crippen LogP contribution in [0.25, 0.3) is 10.2 Å². The lowest BCUT2D eigenvalue weighted by molar-refractivity contribution is -0.125. The van der Waals surface area contributed by atoms with E-state index in [0.29, 0.717) is 58.8 Å². The van der Waals surface area contributed by atoms with Crippen LogP contribution in [0.5, 0.6) is 5.75 Å². The summed E-state index contributed by atoms with van der Waals surface area (Å²) in [6.45, 7) is 6.64. The molecule has 222 valence electrons. The molecule has 1 aromatic carbocycles. The average Bonchev–Trinajstić information content (AvgIpc) is 3.28. The summed E-state index contributed by atoms with van der Waals surface area (Å²) >= 11 is 1.05. The first-order valence-corrected chi connectivity index (χ1v) is 14.6. The van der Waals surface area contributed by atoms with Gasteiger partial charge in [0.25, 0.3) is 11.5 Å². The number of carbonyl (C=O) groups is 2. The van der Waals surface area contributed by atoms with Gasteiger partial charge < -0.3 is 25.6 Å². The van der Waals surface area contributed by atoms with Gasteiger partial charge in [0.1, 0.15) is 22.2 Å². The highest BCUT2D eigenvalue weighted by molar-refractivity contribution is 7.20. The van der Waals surface area contributed by atoms with Gasteiger partial charge >= 0.3 is 5.69 Å². The summed E-state index contributed by atoms with van der Waals surface area (Å²) in [6.07, 6.45) is 1.25. The molecule has 1 atom stereocenters. The van der Waals surface area contributed by atoms with Gasteiger partial charge in [-0.25, -0.2) is 9.36 Å². The Hall–Kier alpha value is -3.48. The van der Waals surface area contributed by atoms with Crippen molar-refractivity contribution in [3.8, 4) is 5.75 Å². The number of aryl methyl sites for hydroxylation is 1. The third kappa shape index (κ3) is 5.81. The Labute approximate surface area is 241 Å². The highest BCUT2D eigenvalue weighted by atomic mass is 32.1. The molecule has 0 aliphatic heterocycles. The van der Waals surface area contributed by atoms with Crippen LogP contribution in [0.4, 0.5) is 0 Å². The maximum Gasteiger partial charge on any atom is 0.333 e. The van der Waals surface area contributed by atoms with Crippen LogP contribution < -0.4 is 27.0 Å². The third-order valence-corrected chi connectivity index (χ3v) is 9.07. The van der Waals surface area contributed by atoms with Gasteiger partial charge in [0.05, 0.1) is 36.1 Å². The number of hydrogen-bond donors (Lipinski definition) is 3. The predicted molar refractivity (Wildman–Crippen MR) is 157 cm³/mol. The minimum absolute atomic E-state index is 0.0291. The first kappa shape index (κ1) is 30.5. The van der Waals surface area contributed by atoms with Gasteiger partial charge in [0, 0.05) is 12.1 Å². The van der Waals surface area contributed by atoms with Gasteiger partial charge in [-0.2, -0.15) is 0 Å². The van der Waals surface area contributed by atoms with Crippen LogP contribution in [0.2, 0.25) is 0 Å². The number of thiophene rings is 1. The summed E-state index contributed by atoms with van der Waals surface area (Å²) in [4.78, 5) is 53.9. The number of ether oxygens (including phenoxy) is 2. The molecule has 4 rings (SSSR count). The van der Waals surface area contributed by atoms with Crippen LogP contribution in [0.1, 0.15) is 73.4 Å². The van der Waals surface area contributed by atoms with Gasteiger partial charge in [-0.1, -0.05) is 18.2 Å². The Morgan fingerprint density at radius 2 is 1.85 bits per heavy atom. The van der Waals surface area contributed by atoms with Crippen LogP contribution in [0, 0.1) is 6.92 Å². The number of nitrogens with one attached hydrogen (secondary N) is 1. The van der Waals surface area contributed by atoms with Crippen molar-refractivity contribution in [3.05, 3.63) is 61.1 Å². The number of benzene rings is 1. The van der Waals surface area contributed by atoms with Crippen LogP contribution in [-0.2, 0) is 21.6 Å². The predicted octanol–water partition coefficient (Wildman–Crippen LogP) is 2.57. The number of para-hydroxylation sites is 1. The molecule has 1 aliphatic carbocycles. The Morgan fingerprint density at radius 1 is 1.20 bits per heavy atom. The number of aromatic nitrogens is 2. The van der Waals surface area contributed by atoms with E-state index in [4.69, 9.17) is 15.2 Å². The standard InChI is InChI=1S/C29H38N4O7S/c1-6-31-24(35)23-16(2)22-25(36)33(29(3,4)27(30)37)28(38)32(26(22)41-23)15-21(19-9-7-8-10-20(19)39-5)40-18-13-11-17(34)12-14-18/h7-10,17-18,21,34H,6,11-15H2,1-5H3,(H2,30,37)(H,31,35)/t17-,18+,21-/m0/s1. The Bertz CT molecular complexity index is 1560. The van der Waals surface area contributed by atoms with Gasteiger partial charge in [0.2, 0.25) is 5.91 Å². The zero-order valence-corrected chi connectivity index (χ0v) is 24.9. The van der Waals surface area contributed by atoms with E-state index in [9.17, 15) is 24.3 Å². The number of rotatable bonds is 10. The number of aliphatic hydroxyl groups excluding tert-OH is 1. The topological polar surface area (TPSA) is 155 Å². The number of methoxy groups -OCH3 is 1. The van der Waals surface area contributed by atoms with Crippen LogP contribution in [-0.4, -0.2) is 51.9 Å². The number of amides is 2. The summed E-state index contributed by atoms with van der Waals surface area (Å²) in [7, 11) is 1.55. The molecule has 0 unspecified atom stereocenters. The number of primary amides is 1. The van der Waals surface area contributed by atoms with Crippen molar-refractivity contribution in [3.63, 3.8) is 0 Å². The van der Waals surface area contributed by atoms with Gasteiger partial charge in [-0.05, 0) is 65.0 Å². The molecule has 4 N–H and O–H groups in total. The van der Waals surface area contributed by atoms with Gasteiger partial charge in [-0.3, -0.25) is 19.0 Å². The zero-order chi connectivity index (χ0) is 30.1. The van der Waals surface area contributed by atoms with Crippen LogP contribution in [0.15, 0.2) is 33.9 Å². The minimum Gasteiger partial charge on any atom is -0.496 e. The monoisotopic (exact) mass is 586 g/mol. The van der Waals surface area contributed by atoms with Crippen molar-refractivity contribution in [2.75, 3.05) is 13.7 Å². The first-order valence-electron chi connectivity index (χ1n) is 13.8. The zero-order valence-electron chi connectivity index (χ0n) is 24.1. The fourth-order valence-corrected chi connectivity index (χ4v) is 6.51. The van der Waals surface area contributed by atoms with Crippen molar-refractivity contribution in [1.82, 2.24) is 14.5 Å². The van der Waals surface area contributed by atoms with E-state index in [1.165, 1.54) is 18.4 Å². The second-order valence-corrected chi connectivity index (χ2v) is 11.8. The molecule has 1 fully saturated rings. The fraction of sp³-hybridized carbons (Fsp3) is 0.517. The van der Waals surface area contributed by atoms with Crippen molar-refractivity contribution in [2.45, 2.75) is 83.8 Å². The lowest BCUT2D eigenvalue weighted by Crippen LogP contribution is -2.54. The molecule has 0 saturated heterocycles. The molecule has 11 nitrogen and oxygen atoms in total. The number of nitrogens with zero attached hydrogens (tertiary/aromatic N) is 2. The van der Waals surface area contributed by atoms with Crippen molar-refractivity contribution < 1.29 is 24.2 Å². The van der Waals surface area contributed by atoms with Gasteiger partial charge in [0.15, 0.2) is 0 Å². The molecule has 0 bridgehead atoms. The molecule has 12 heteroatoms. The SMILES string of the molecule is CCNC(=O)c1sc2c(c1C)c(=O)n(C(C)(C)C(N)=O)c(=O)n2C[C@H](O[C@H]1CC[C@@H](O)CC1)c1ccccc1OC. The lowest BCUT2D eigenvalue weighted by Gasteiger charge is -2.31. The van der Waals surface area contributed by atoms with Crippen LogP contribution in [0.3, 0.4) is 0 Å². The van der Waals surface area contributed by atoms with E-state index in [0.717, 1.165) is 15.9 Å². The summed E-state index contributed by atoms with van der Waals surface area (Å²) in [5, 5.41) is 12.9. The molecule has 0 spiro atoms. The maximum absolute atomic E-state index is 14.1. The maximum atomic E-state index is 14.1. The molecule has 0 radical (unpaired) electrons. The number of aliphatic hydroxyl groups is 1. The van der Waals surface area contributed by atoms with E-state index in [1.807, 2.05) is 18.2 Å². The molecule has 2 aromatic heterocycles. The number of nitrogens with two attached hydrogens (primary N) is 1. The van der Waals surface area contributed by atoms with Crippen LogP contribution >= 0.6 is 11.3 Å². The summed E-state index contributed by atoms with van der Waals surface area (Å²) in [5.74, 6) is -0.643. The highest BCUT2D eigenvalue weighted by Crippen LogP contribution is 2.35. The summed E-state index contributed by atoms with van der Waals surface area (Å²) in [5.41, 5.74) is 3.70. The number of fused-ring (bicyclic) bond motifs is 1. The van der Waals surface area contributed by atoms with Crippen molar-refractivity contribution in [1.29, 1.82) is 0 Å². The molecule has 2 heterocycles. The molecule has 2 amide bonds. The van der Waals surface area contributed by atoms with Crippen molar-refractivity contribution >= 4 is 33.4 Å². The smallest absolute Gasteiger partial charge is 0.333 e. The molecule has 41 heavy (non-hydrogen) atoms. The van der Waals surface area contributed by atoms with E-state index in [1.54, 1.807) is 27.0 Å². The largest absolute Gasteiger partial charge is 0.496 e. The van der Waals surface area contributed by atoms with Crippen molar-refractivity contribution in [2.24, 2.45) is 5.73 Å². The summed E-state index contributed by atoms with van der Waals surface area (Å²) in [6, 6.07) is 7.33. The van der Waals surface area contributed by atoms with E-state index >= 15 is 0 Å². The minimum atomic E-state index is -1.65. The normalized spacial score (nSPS) is 18.3. The van der Waals surface area contributed by atoms with E-state index < -0.39 is 28.8 Å². The Morgan fingerprint density at radius 3 is 2.46 bits per heavy atom. The molecular weight excluding hydrogens is 548 g/mol. The second-order valence-electron chi connectivity index (χ2n) is 10.9. The molecule has 1 aliphatic rings. The van der Waals surface area contributed by atoms with E-state index in [-0.39, 0.29) is 30.0 Å². The molecule has 3 aromatic rings. The van der Waals surface area contributed by atoms with E-state index in [2.05, 4.69) is 5.32 Å². The number of carbonyl (C=O) groups excluding carboxylic acids is 2. The highest BCUT2D eigenvalue weighted by Gasteiger charge is 2.35. The summed E-state index contributed by atoms with van der Waals surface area (Å²) < 4.78 is 14.5. The average molecular weight is 587 g/mol. The molecule has 1 saturated carbocycles. The second kappa shape index (κ2) is 12.2. The quantitative estimate of drug-likeness (QED) is 0.330. The fourth-order valence-electron chi connectivity index (χ4n) is 5.29. The third-order valence-electron chi connectivity index (χ3n) is 7.75. The number of hydrogen-bond acceptors (Lipinski definition) is 8. The molecular formula is C29H38N4O7S. The lowest BCUT2D eigenvalue weighted by atomic mass is 9.94. The Balaban J connectivity index is 1.97. The van der Waals surface area contributed by atoms with Gasteiger partial charge in [-0.15, -0.1) is 11.3 Å². The Kier molecular flexibility index (Phi) is 9.05.